The summed E-state index contributed by atoms with van der Waals surface area (Å²) in [6.07, 6.45) is 6.23. The number of aromatic nitrogens is 4. The molecule has 0 radical (unpaired) electrons. The largest absolute Gasteiger partial charge is 0.260 e. The monoisotopic (exact) mass is 349 g/mol. The molecule has 0 bridgehead atoms. The number of thioether (sulfide) groups is 1. The van der Waals surface area contributed by atoms with Gasteiger partial charge in [-0.25, -0.2) is 9.97 Å². The van der Waals surface area contributed by atoms with Crippen molar-refractivity contribution in [3.05, 3.63) is 35.5 Å². The zero-order valence-corrected chi connectivity index (χ0v) is 15.3. The molecule has 1 aliphatic carbocycles. The predicted octanol–water partition coefficient (Wildman–Crippen LogP) is 4.55. The van der Waals surface area contributed by atoms with Gasteiger partial charge < -0.3 is 0 Å². The highest BCUT2D eigenvalue weighted by Gasteiger charge is 2.29. The summed E-state index contributed by atoms with van der Waals surface area (Å²) in [5.74, 6) is 0.594. The first kappa shape index (κ1) is 16.1. The summed E-state index contributed by atoms with van der Waals surface area (Å²) in [7, 11) is 0. The van der Waals surface area contributed by atoms with Gasteiger partial charge in [0.15, 0.2) is 0 Å². The Hall–Kier alpha value is -2.39. The Bertz CT molecular complexity index is 995. The third kappa shape index (κ3) is 2.79. The molecule has 1 saturated carbocycles. The van der Waals surface area contributed by atoms with Crippen molar-refractivity contribution in [2.75, 3.05) is 6.26 Å². The van der Waals surface area contributed by atoms with E-state index in [4.69, 9.17) is 4.98 Å². The summed E-state index contributed by atoms with van der Waals surface area (Å²) in [4.78, 5) is 9.46. The van der Waals surface area contributed by atoms with E-state index in [0.717, 1.165) is 27.4 Å². The minimum atomic E-state index is 0.304. The molecule has 0 atom stereocenters. The Morgan fingerprint density at radius 3 is 2.68 bits per heavy atom. The van der Waals surface area contributed by atoms with Crippen LogP contribution in [-0.2, 0) is 0 Å². The van der Waals surface area contributed by atoms with Crippen molar-refractivity contribution in [2.45, 2.75) is 43.7 Å². The molecule has 1 aliphatic rings. The molecule has 0 amide bonds. The van der Waals surface area contributed by atoms with E-state index in [9.17, 15) is 5.26 Å². The topological polar surface area (TPSA) is 67.4 Å². The van der Waals surface area contributed by atoms with Crippen LogP contribution >= 0.6 is 11.8 Å². The van der Waals surface area contributed by atoms with Gasteiger partial charge in [-0.2, -0.15) is 10.4 Å². The summed E-state index contributed by atoms with van der Waals surface area (Å²) >= 11 is 1.49. The maximum Gasteiger partial charge on any atom is 0.114 e. The minimum absolute atomic E-state index is 0.304. The van der Waals surface area contributed by atoms with Crippen molar-refractivity contribution in [1.82, 2.24) is 19.7 Å². The van der Waals surface area contributed by atoms with Gasteiger partial charge in [0.05, 0.1) is 28.7 Å². The number of hydrogen-bond acceptors (Lipinski definition) is 5. The summed E-state index contributed by atoms with van der Waals surface area (Å²) in [5.41, 5.74) is 5.67. The van der Waals surface area contributed by atoms with E-state index in [0.29, 0.717) is 17.5 Å². The highest BCUT2D eigenvalue weighted by Crippen LogP contribution is 2.44. The normalized spacial score (nSPS) is 14.2. The van der Waals surface area contributed by atoms with Gasteiger partial charge in [0.2, 0.25) is 0 Å². The van der Waals surface area contributed by atoms with Crippen LogP contribution in [0.15, 0.2) is 29.4 Å². The van der Waals surface area contributed by atoms with Gasteiger partial charge in [0.25, 0.3) is 0 Å². The second-order valence-corrected chi connectivity index (χ2v) is 7.45. The maximum atomic E-state index is 9.20. The van der Waals surface area contributed by atoms with Crippen LogP contribution < -0.4 is 0 Å². The SMILES string of the molecule is CSc1nc(-c2cc(C3CC3)c3c(cnn3C(C)C)n2)ccc1C#N. The summed E-state index contributed by atoms with van der Waals surface area (Å²) in [6.45, 7) is 4.29. The molecule has 3 aromatic heterocycles. The van der Waals surface area contributed by atoms with Crippen LogP contribution in [0.4, 0.5) is 0 Å². The standard InChI is InChI=1S/C19H19N5S/c1-11(2)24-18-14(12-4-5-12)8-16(22-17(18)10-21-24)15-7-6-13(9-20)19(23-15)25-3/h6-8,10-12H,4-5H2,1-3H3. The average Bonchev–Trinajstić information content (AvgIpc) is 3.38. The van der Waals surface area contributed by atoms with Gasteiger partial charge in [0, 0.05) is 6.04 Å². The number of pyridine rings is 2. The molecule has 3 aromatic rings. The van der Waals surface area contributed by atoms with Gasteiger partial charge in [-0.05, 0) is 62.6 Å². The van der Waals surface area contributed by atoms with Crippen LogP contribution in [0.1, 0.15) is 49.8 Å². The van der Waals surface area contributed by atoms with E-state index >= 15 is 0 Å². The molecule has 25 heavy (non-hydrogen) atoms. The van der Waals surface area contributed by atoms with Crippen LogP contribution in [-0.4, -0.2) is 26.0 Å². The number of hydrogen-bond donors (Lipinski definition) is 0. The van der Waals surface area contributed by atoms with Crippen molar-refractivity contribution in [2.24, 2.45) is 0 Å². The molecule has 4 rings (SSSR count). The Morgan fingerprint density at radius 1 is 1.24 bits per heavy atom. The van der Waals surface area contributed by atoms with E-state index in [1.54, 1.807) is 0 Å². The smallest absolute Gasteiger partial charge is 0.114 e. The molecule has 0 spiro atoms. The molecule has 3 heterocycles. The van der Waals surface area contributed by atoms with Gasteiger partial charge >= 0.3 is 0 Å². The fraction of sp³-hybridized carbons (Fsp3) is 0.368. The number of rotatable bonds is 4. The summed E-state index contributed by atoms with van der Waals surface area (Å²) < 4.78 is 2.07. The minimum Gasteiger partial charge on any atom is -0.260 e. The van der Waals surface area contributed by atoms with Gasteiger partial charge in [-0.1, -0.05) is 0 Å². The lowest BCUT2D eigenvalue weighted by Crippen LogP contribution is -2.04. The molecular weight excluding hydrogens is 330 g/mol. The first-order valence-corrected chi connectivity index (χ1v) is 9.68. The first-order chi connectivity index (χ1) is 12.1. The summed E-state index contributed by atoms with van der Waals surface area (Å²) in [5, 5.41) is 14.5. The molecule has 5 nitrogen and oxygen atoms in total. The van der Waals surface area contributed by atoms with Crippen LogP contribution in [0.5, 0.6) is 0 Å². The Morgan fingerprint density at radius 2 is 2.04 bits per heavy atom. The van der Waals surface area contributed by atoms with E-state index in [2.05, 4.69) is 40.7 Å². The van der Waals surface area contributed by atoms with E-state index in [-0.39, 0.29) is 0 Å². The van der Waals surface area contributed by atoms with Gasteiger partial charge in [-0.3, -0.25) is 4.68 Å². The van der Waals surface area contributed by atoms with Crippen molar-refractivity contribution >= 4 is 22.8 Å². The van der Waals surface area contributed by atoms with Crippen molar-refractivity contribution in [1.29, 1.82) is 5.26 Å². The number of fused-ring (bicyclic) bond motifs is 1. The van der Waals surface area contributed by atoms with Gasteiger partial charge in [0.1, 0.15) is 16.6 Å². The third-order valence-corrected chi connectivity index (χ3v) is 5.22. The van der Waals surface area contributed by atoms with Crippen molar-refractivity contribution < 1.29 is 0 Å². The lowest BCUT2D eigenvalue weighted by molar-refractivity contribution is 0.549. The molecular formula is C19H19N5S. The lowest BCUT2D eigenvalue weighted by Gasteiger charge is -2.12. The molecule has 0 saturated heterocycles. The van der Waals surface area contributed by atoms with E-state index in [1.807, 2.05) is 24.6 Å². The van der Waals surface area contributed by atoms with E-state index in [1.165, 1.54) is 30.2 Å². The number of nitriles is 1. The van der Waals surface area contributed by atoms with Crippen LogP contribution in [0, 0.1) is 11.3 Å². The Kier molecular flexibility index (Phi) is 3.97. The fourth-order valence-corrected chi connectivity index (χ4v) is 3.67. The molecule has 0 aliphatic heterocycles. The second kappa shape index (κ2) is 6.16. The highest BCUT2D eigenvalue weighted by atomic mass is 32.2. The average molecular weight is 349 g/mol. The molecule has 0 unspecified atom stereocenters. The number of nitrogens with zero attached hydrogens (tertiary/aromatic N) is 5. The Labute approximate surface area is 151 Å². The van der Waals surface area contributed by atoms with Crippen molar-refractivity contribution in [3.63, 3.8) is 0 Å². The van der Waals surface area contributed by atoms with Crippen molar-refractivity contribution in [3.8, 4) is 17.5 Å². The zero-order chi connectivity index (χ0) is 17.6. The molecule has 1 fully saturated rings. The van der Waals surface area contributed by atoms with Crippen LogP contribution in [0.25, 0.3) is 22.4 Å². The highest BCUT2D eigenvalue weighted by molar-refractivity contribution is 7.98. The summed E-state index contributed by atoms with van der Waals surface area (Å²) in [6, 6.07) is 8.38. The molecule has 0 aromatic carbocycles. The fourth-order valence-electron chi connectivity index (χ4n) is 3.14. The first-order valence-electron chi connectivity index (χ1n) is 8.46. The maximum absolute atomic E-state index is 9.20. The molecule has 6 heteroatoms. The van der Waals surface area contributed by atoms with Gasteiger partial charge in [-0.15, -0.1) is 11.8 Å². The molecule has 0 N–H and O–H groups in total. The lowest BCUT2D eigenvalue weighted by atomic mass is 10.1. The van der Waals surface area contributed by atoms with Crippen LogP contribution in [0.3, 0.4) is 0 Å². The Balaban J connectivity index is 1.91. The van der Waals surface area contributed by atoms with Crippen LogP contribution in [0.2, 0.25) is 0 Å². The quantitative estimate of drug-likeness (QED) is 0.647. The second-order valence-electron chi connectivity index (χ2n) is 6.65. The third-order valence-electron chi connectivity index (χ3n) is 4.53. The zero-order valence-electron chi connectivity index (χ0n) is 14.5. The molecule has 126 valence electrons. The predicted molar refractivity (Wildman–Crippen MR) is 99.6 cm³/mol. The van der Waals surface area contributed by atoms with E-state index < -0.39 is 0 Å².